The van der Waals surface area contributed by atoms with Crippen LogP contribution in [0.15, 0.2) is 30.5 Å². The number of likely N-dealkylation sites (tertiary alicyclic amines) is 1. The summed E-state index contributed by atoms with van der Waals surface area (Å²) < 4.78 is 1.69. The Morgan fingerprint density at radius 1 is 1.28 bits per heavy atom. The molecule has 7 heteroatoms. The third kappa shape index (κ3) is 3.16. The molecule has 1 aliphatic heterocycles. The van der Waals surface area contributed by atoms with Crippen LogP contribution in [-0.2, 0) is 0 Å². The lowest BCUT2D eigenvalue weighted by Crippen LogP contribution is -2.34. The maximum atomic E-state index is 12.9. The number of hydrogen-bond donors (Lipinski definition) is 1. The molecule has 4 rings (SSSR count). The maximum absolute atomic E-state index is 12.9. The number of aromatic nitrogens is 2. The Kier molecular flexibility index (Phi) is 5.09. The van der Waals surface area contributed by atoms with Crippen LogP contribution in [0.1, 0.15) is 28.9 Å². The van der Waals surface area contributed by atoms with E-state index in [2.05, 4.69) is 5.10 Å². The number of para-hydroxylation sites is 1. The van der Waals surface area contributed by atoms with E-state index in [-0.39, 0.29) is 24.4 Å². The molecule has 0 bridgehead atoms. The standard InChI is InChI=1S/C18H21ClN4O.ClH/c1-11-8-23(16-5-3-2-4-14(16)19)21-17(11)18(24)22-9-12-6-7-15(20)13(12)10-22;/h2-5,8,12-13,15H,6-7,9-10,20H2,1H3;1H. The molecule has 3 atom stereocenters. The average Bonchev–Trinajstić information content (AvgIpc) is 3.24. The van der Waals surface area contributed by atoms with Crippen LogP contribution in [0.2, 0.25) is 5.02 Å². The molecule has 1 aliphatic carbocycles. The van der Waals surface area contributed by atoms with Crippen LogP contribution < -0.4 is 5.73 Å². The van der Waals surface area contributed by atoms with E-state index in [9.17, 15) is 4.79 Å². The molecule has 1 saturated heterocycles. The van der Waals surface area contributed by atoms with Crippen LogP contribution in [0.4, 0.5) is 0 Å². The smallest absolute Gasteiger partial charge is 0.274 e. The van der Waals surface area contributed by atoms with Crippen molar-refractivity contribution < 1.29 is 4.79 Å². The largest absolute Gasteiger partial charge is 0.337 e. The van der Waals surface area contributed by atoms with Gasteiger partial charge in [-0.2, -0.15) is 5.10 Å². The maximum Gasteiger partial charge on any atom is 0.274 e. The van der Waals surface area contributed by atoms with Gasteiger partial charge in [-0.1, -0.05) is 23.7 Å². The lowest BCUT2D eigenvalue weighted by atomic mass is 9.98. The van der Waals surface area contributed by atoms with Gasteiger partial charge in [0.15, 0.2) is 5.69 Å². The zero-order valence-corrected chi connectivity index (χ0v) is 15.6. The summed E-state index contributed by atoms with van der Waals surface area (Å²) in [7, 11) is 0. The van der Waals surface area contributed by atoms with Crippen molar-refractivity contribution in [2.45, 2.75) is 25.8 Å². The van der Waals surface area contributed by atoms with Gasteiger partial charge < -0.3 is 10.6 Å². The molecule has 25 heavy (non-hydrogen) atoms. The normalized spacial score (nSPS) is 24.9. The Morgan fingerprint density at radius 3 is 2.76 bits per heavy atom. The van der Waals surface area contributed by atoms with Crippen LogP contribution in [0, 0.1) is 18.8 Å². The Morgan fingerprint density at radius 2 is 2.04 bits per heavy atom. The Labute approximate surface area is 158 Å². The van der Waals surface area contributed by atoms with E-state index in [4.69, 9.17) is 17.3 Å². The van der Waals surface area contributed by atoms with Crippen LogP contribution in [-0.4, -0.2) is 39.7 Å². The predicted molar refractivity (Wildman–Crippen MR) is 101 cm³/mol. The molecule has 0 radical (unpaired) electrons. The minimum absolute atomic E-state index is 0. The first-order valence-corrected chi connectivity index (χ1v) is 8.78. The zero-order valence-electron chi connectivity index (χ0n) is 14.1. The molecule has 2 fully saturated rings. The van der Waals surface area contributed by atoms with Gasteiger partial charge in [0.1, 0.15) is 0 Å². The van der Waals surface area contributed by atoms with Gasteiger partial charge in [-0.15, -0.1) is 12.4 Å². The van der Waals surface area contributed by atoms with E-state index in [0.29, 0.717) is 22.6 Å². The summed E-state index contributed by atoms with van der Waals surface area (Å²) in [5.41, 5.74) is 8.32. The van der Waals surface area contributed by atoms with Crippen molar-refractivity contribution in [2.75, 3.05) is 13.1 Å². The summed E-state index contributed by atoms with van der Waals surface area (Å²) in [6.45, 7) is 3.47. The molecule has 2 aromatic rings. The fraction of sp³-hybridized carbons (Fsp3) is 0.444. The SMILES string of the molecule is Cc1cn(-c2ccccc2Cl)nc1C(=O)N1CC2CCC(N)C2C1.Cl. The fourth-order valence-corrected chi connectivity index (χ4v) is 4.28. The highest BCUT2D eigenvalue weighted by Crippen LogP contribution is 2.37. The summed E-state index contributed by atoms with van der Waals surface area (Å²) in [6.07, 6.45) is 4.07. The van der Waals surface area contributed by atoms with E-state index >= 15 is 0 Å². The van der Waals surface area contributed by atoms with Crippen molar-refractivity contribution in [1.82, 2.24) is 14.7 Å². The number of nitrogens with zero attached hydrogens (tertiary/aromatic N) is 3. The molecule has 0 spiro atoms. The predicted octanol–water partition coefficient (Wildman–Crippen LogP) is 3.07. The monoisotopic (exact) mass is 380 g/mol. The zero-order chi connectivity index (χ0) is 16.8. The van der Waals surface area contributed by atoms with Crippen LogP contribution in [0.25, 0.3) is 5.69 Å². The first kappa shape index (κ1) is 18.2. The quantitative estimate of drug-likeness (QED) is 0.870. The summed E-state index contributed by atoms with van der Waals surface area (Å²) >= 11 is 6.24. The van der Waals surface area contributed by atoms with E-state index in [1.54, 1.807) is 4.68 Å². The molecule has 2 N–H and O–H groups in total. The molecule has 134 valence electrons. The number of carbonyl (C=O) groups is 1. The number of carbonyl (C=O) groups excluding carboxylic acids is 1. The molecule has 2 aliphatic rings. The Balaban J connectivity index is 0.00000182. The van der Waals surface area contributed by atoms with E-state index in [1.807, 2.05) is 42.3 Å². The molecule has 5 nitrogen and oxygen atoms in total. The van der Waals surface area contributed by atoms with Gasteiger partial charge in [-0.3, -0.25) is 4.79 Å². The number of nitrogens with two attached hydrogens (primary N) is 1. The molecule has 3 unspecified atom stereocenters. The van der Waals surface area contributed by atoms with Gasteiger partial charge in [0, 0.05) is 30.9 Å². The highest BCUT2D eigenvalue weighted by molar-refractivity contribution is 6.32. The number of fused-ring (bicyclic) bond motifs is 1. The number of hydrogen-bond acceptors (Lipinski definition) is 3. The van der Waals surface area contributed by atoms with Gasteiger partial charge >= 0.3 is 0 Å². The minimum Gasteiger partial charge on any atom is -0.337 e. The first-order valence-electron chi connectivity index (χ1n) is 8.40. The summed E-state index contributed by atoms with van der Waals surface area (Å²) in [5.74, 6) is 0.995. The summed E-state index contributed by atoms with van der Waals surface area (Å²) in [5, 5.41) is 5.12. The molecule has 2 heterocycles. The Hall–Kier alpha value is -1.56. The number of amides is 1. The number of benzene rings is 1. The van der Waals surface area contributed by atoms with Crippen LogP contribution in [0.5, 0.6) is 0 Å². The molecular weight excluding hydrogens is 359 g/mol. The first-order chi connectivity index (χ1) is 11.5. The fourth-order valence-electron chi connectivity index (χ4n) is 4.06. The van der Waals surface area contributed by atoms with Crippen molar-refractivity contribution in [3.63, 3.8) is 0 Å². The van der Waals surface area contributed by atoms with E-state index in [0.717, 1.165) is 37.2 Å². The third-order valence-corrected chi connectivity index (χ3v) is 5.72. The lowest BCUT2D eigenvalue weighted by molar-refractivity contribution is 0.0772. The van der Waals surface area contributed by atoms with Gasteiger partial charge in [0.25, 0.3) is 5.91 Å². The van der Waals surface area contributed by atoms with Gasteiger partial charge in [0.05, 0.1) is 10.7 Å². The number of halogens is 2. The minimum atomic E-state index is -0.0000893. The second-order valence-corrected chi connectivity index (χ2v) is 7.34. The summed E-state index contributed by atoms with van der Waals surface area (Å²) in [6, 6.07) is 7.72. The molecule has 1 aromatic heterocycles. The topological polar surface area (TPSA) is 64.2 Å². The van der Waals surface area contributed by atoms with Gasteiger partial charge in [0.2, 0.25) is 0 Å². The molecule has 1 saturated carbocycles. The Bertz CT molecular complexity index is 791. The second-order valence-electron chi connectivity index (χ2n) is 6.93. The van der Waals surface area contributed by atoms with Crippen molar-refractivity contribution >= 4 is 29.9 Å². The number of rotatable bonds is 2. The highest BCUT2D eigenvalue weighted by Gasteiger charge is 2.43. The van der Waals surface area contributed by atoms with Gasteiger partial charge in [-0.25, -0.2) is 4.68 Å². The number of aryl methyl sites for hydroxylation is 1. The third-order valence-electron chi connectivity index (χ3n) is 5.40. The van der Waals surface area contributed by atoms with Crippen molar-refractivity contribution in [2.24, 2.45) is 17.6 Å². The molecule has 1 aromatic carbocycles. The summed E-state index contributed by atoms with van der Waals surface area (Å²) in [4.78, 5) is 14.8. The lowest BCUT2D eigenvalue weighted by Gasteiger charge is -2.18. The van der Waals surface area contributed by atoms with Crippen LogP contribution in [0.3, 0.4) is 0 Å². The van der Waals surface area contributed by atoms with Gasteiger partial charge in [-0.05, 0) is 43.7 Å². The van der Waals surface area contributed by atoms with Crippen molar-refractivity contribution in [3.05, 3.63) is 46.7 Å². The van der Waals surface area contributed by atoms with Crippen LogP contribution >= 0.6 is 24.0 Å². The average molecular weight is 381 g/mol. The molecule has 1 amide bonds. The van der Waals surface area contributed by atoms with Crippen molar-refractivity contribution in [1.29, 1.82) is 0 Å². The van der Waals surface area contributed by atoms with E-state index < -0.39 is 0 Å². The van der Waals surface area contributed by atoms with E-state index in [1.165, 1.54) is 0 Å². The second kappa shape index (κ2) is 6.98. The van der Waals surface area contributed by atoms with Crippen molar-refractivity contribution in [3.8, 4) is 5.69 Å². The molecular formula is C18H22Cl2N4O. The highest BCUT2D eigenvalue weighted by atomic mass is 35.5.